The van der Waals surface area contributed by atoms with Crippen molar-refractivity contribution in [3.8, 4) is 5.75 Å². The van der Waals surface area contributed by atoms with Crippen LogP contribution in [-0.2, 0) is 37.4 Å². The number of phosphoric acid groups is 1. The average Bonchev–Trinajstić information content (AvgIpc) is 3.54. The summed E-state index contributed by atoms with van der Waals surface area (Å²) in [5.41, 5.74) is -4.10. The Labute approximate surface area is 229 Å². The lowest BCUT2D eigenvalue weighted by Crippen LogP contribution is -2.46. The highest BCUT2D eigenvalue weighted by molar-refractivity contribution is 7.49. The van der Waals surface area contributed by atoms with Crippen LogP contribution in [0.2, 0.25) is 0 Å². The van der Waals surface area contributed by atoms with Crippen LogP contribution in [0.4, 0.5) is 4.39 Å². The lowest BCUT2D eigenvalue weighted by Gasteiger charge is -2.28. The second kappa shape index (κ2) is 12.8. The van der Waals surface area contributed by atoms with Crippen molar-refractivity contribution in [1.29, 1.82) is 0 Å². The van der Waals surface area contributed by atoms with Gasteiger partial charge in [-0.25, -0.2) is 13.8 Å². The molecule has 1 N–H and O–H groups in total. The van der Waals surface area contributed by atoms with E-state index in [1.165, 1.54) is 19.1 Å². The molecule has 0 radical (unpaired) electrons. The van der Waals surface area contributed by atoms with Crippen molar-refractivity contribution < 1.29 is 46.3 Å². The lowest BCUT2D eigenvalue weighted by molar-refractivity contribution is -0.158. The Balaban J connectivity index is 1.61. The first kappa shape index (κ1) is 30.1. The van der Waals surface area contributed by atoms with E-state index in [4.69, 9.17) is 32.5 Å². The van der Waals surface area contributed by atoms with Gasteiger partial charge in [-0.3, -0.25) is 28.2 Å². The number of nitrogens with one attached hydrogen (secondary N) is 1. The molecule has 15 heteroatoms. The topological polar surface area (TPSA) is 154 Å². The first-order valence-electron chi connectivity index (χ1n) is 12.8. The lowest BCUT2D eigenvalue weighted by atomic mass is 9.98. The maximum absolute atomic E-state index is 16.2. The van der Waals surface area contributed by atoms with Crippen LogP contribution in [-0.4, -0.2) is 65.6 Å². The van der Waals surface area contributed by atoms with Gasteiger partial charge in [0.25, 0.3) is 5.56 Å². The molecule has 2 saturated heterocycles. The number of carbonyl (C=O) groups excluding carboxylic acids is 1. The van der Waals surface area contributed by atoms with Crippen LogP contribution in [0, 0.1) is 0 Å². The Hall–Kier alpha value is -2.87. The number of halogens is 1. The number of aromatic nitrogens is 2. The summed E-state index contributed by atoms with van der Waals surface area (Å²) in [5, 5.41) is 0. The van der Waals surface area contributed by atoms with Crippen LogP contribution >= 0.6 is 7.82 Å². The van der Waals surface area contributed by atoms with E-state index in [1.54, 1.807) is 25.1 Å². The van der Waals surface area contributed by atoms with Crippen molar-refractivity contribution in [2.45, 2.75) is 70.1 Å². The zero-order chi connectivity index (χ0) is 28.9. The summed E-state index contributed by atoms with van der Waals surface area (Å²) in [5.74, 6) is -0.568. The number of aromatic amines is 1. The van der Waals surface area contributed by atoms with Crippen molar-refractivity contribution in [2.24, 2.45) is 0 Å². The highest BCUT2D eigenvalue weighted by atomic mass is 31.2. The van der Waals surface area contributed by atoms with Crippen molar-refractivity contribution in [1.82, 2.24) is 9.55 Å². The number of ether oxygens (including phenoxy) is 4. The van der Waals surface area contributed by atoms with Crippen molar-refractivity contribution in [3.63, 3.8) is 0 Å². The molecule has 2 aliphatic heterocycles. The van der Waals surface area contributed by atoms with Gasteiger partial charge >= 0.3 is 19.5 Å². The van der Waals surface area contributed by atoms with Gasteiger partial charge in [-0.05, 0) is 25.5 Å². The molecule has 220 valence electrons. The summed E-state index contributed by atoms with van der Waals surface area (Å²) >= 11 is 0. The monoisotopic (exact) mass is 586 g/mol. The predicted molar refractivity (Wildman–Crippen MR) is 136 cm³/mol. The van der Waals surface area contributed by atoms with Crippen molar-refractivity contribution >= 4 is 13.8 Å². The molecule has 2 fully saturated rings. The molecule has 1 unspecified atom stereocenters. The molecule has 0 spiro atoms. The van der Waals surface area contributed by atoms with Gasteiger partial charge in [-0.15, -0.1) is 0 Å². The van der Waals surface area contributed by atoms with E-state index in [-0.39, 0.29) is 12.2 Å². The van der Waals surface area contributed by atoms with Gasteiger partial charge in [-0.2, -0.15) is 0 Å². The zero-order valence-corrected chi connectivity index (χ0v) is 23.1. The average molecular weight is 587 g/mol. The van der Waals surface area contributed by atoms with Crippen molar-refractivity contribution in [3.05, 3.63) is 63.4 Å². The van der Waals surface area contributed by atoms with Crippen LogP contribution in [0.1, 0.15) is 39.8 Å². The molecule has 0 bridgehead atoms. The second-order valence-corrected chi connectivity index (χ2v) is 10.8. The number of carbonyl (C=O) groups is 1. The van der Waals surface area contributed by atoms with E-state index in [9.17, 15) is 18.9 Å². The number of hydrogen-bond acceptors (Lipinski definition) is 11. The number of nitrogens with zero attached hydrogens (tertiary/aromatic N) is 1. The molecule has 3 heterocycles. The Morgan fingerprint density at radius 3 is 2.52 bits per heavy atom. The van der Waals surface area contributed by atoms with Crippen LogP contribution < -0.4 is 15.8 Å². The second-order valence-electron chi connectivity index (χ2n) is 9.27. The van der Waals surface area contributed by atoms with Gasteiger partial charge in [0, 0.05) is 18.7 Å². The number of phosphoric ester groups is 1. The van der Waals surface area contributed by atoms with Crippen LogP contribution in [0.25, 0.3) is 0 Å². The van der Waals surface area contributed by atoms with Gasteiger partial charge in [0.1, 0.15) is 18.0 Å². The Morgan fingerprint density at radius 1 is 1.20 bits per heavy atom. The largest absolute Gasteiger partial charge is 0.530 e. The summed E-state index contributed by atoms with van der Waals surface area (Å²) < 4.78 is 70.2. The maximum Gasteiger partial charge on any atom is 0.530 e. The minimum atomic E-state index is -4.46. The summed E-state index contributed by atoms with van der Waals surface area (Å²) in [6, 6.07) is 9.14. The third-order valence-corrected chi connectivity index (χ3v) is 7.74. The number of alkyl halides is 1. The Morgan fingerprint density at radius 2 is 1.90 bits per heavy atom. The fourth-order valence-corrected chi connectivity index (χ4v) is 5.74. The quantitative estimate of drug-likeness (QED) is 0.289. The number of esters is 1. The Bertz CT molecular complexity index is 1310. The highest BCUT2D eigenvalue weighted by Crippen LogP contribution is 2.53. The highest BCUT2D eigenvalue weighted by Gasteiger charge is 2.58. The van der Waals surface area contributed by atoms with E-state index in [2.05, 4.69) is 0 Å². The minimum absolute atomic E-state index is 0.0677. The summed E-state index contributed by atoms with van der Waals surface area (Å²) in [4.78, 5) is 38.2. The molecule has 2 aliphatic rings. The normalized spacial score (nSPS) is 27.2. The molecule has 1 aromatic heterocycles. The third kappa shape index (κ3) is 6.88. The minimum Gasteiger partial charge on any atom is -0.456 e. The fraction of sp³-hybridized carbons (Fsp3) is 0.560. The van der Waals surface area contributed by atoms with E-state index >= 15 is 4.39 Å². The van der Waals surface area contributed by atoms with Gasteiger partial charge in [-0.1, -0.05) is 32.0 Å². The predicted octanol–water partition coefficient (Wildman–Crippen LogP) is 2.86. The van der Waals surface area contributed by atoms with Crippen LogP contribution in [0.15, 0.2) is 52.2 Å². The number of H-pyrrole nitrogens is 1. The summed E-state index contributed by atoms with van der Waals surface area (Å²) in [6.45, 7) is 4.41. The first-order valence-corrected chi connectivity index (χ1v) is 14.3. The molecule has 1 aromatic carbocycles. The molecule has 6 atom stereocenters. The number of rotatable bonds is 12. The van der Waals surface area contributed by atoms with E-state index < -0.39 is 68.1 Å². The zero-order valence-electron chi connectivity index (χ0n) is 22.2. The molecule has 2 aromatic rings. The smallest absolute Gasteiger partial charge is 0.456 e. The van der Waals surface area contributed by atoms with Crippen LogP contribution in [0.5, 0.6) is 5.75 Å². The molecular weight excluding hydrogens is 554 g/mol. The molecule has 0 amide bonds. The first-order chi connectivity index (χ1) is 19.1. The van der Waals surface area contributed by atoms with Gasteiger partial charge in [0.2, 0.25) is 0 Å². The van der Waals surface area contributed by atoms with E-state index in [0.29, 0.717) is 19.6 Å². The summed E-state index contributed by atoms with van der Waals surface area (Å²) in [6.07, 6.45) is -4.90. The summed E-state index contributed by atoms with van der Waals surface area (Å²) in [7, 11) is -4.46. The number of para-hydroxylation sites is 1. The molecule has 0 saturated carbocycles. The fourth-order valence-electron chi connectivity index (χ4n) is 4.29. The third-order valence-electron chi connectivity index (χ3n) is 6.31. The maximum atomic E-state index is 16.2. The van der Waals surface area contributed by atoms with Gasteiger partial charge in [0.05, 0.1) is 19.8 Å². The van der Waals surface area contributed by atoms with Crippen molar-refractivity contribution in [2.75, 3.05) is 19.8 Å². The standard InChI is InChI=1S/C25H32FN2O11P/c1-4-17(22-33-13-14-34-22)39-40(32,38-16-9-7-6-8-10-16)35-15-18-21(37-20(30)5-2)25(3,26)23(36-18)28-12-11-19(29)27-24(28)31/h6-12,17-18,21-23H,4-5,13-15H2,1-3H3,(H,27,29,31)/t17-,18+,21+,23+,25+,40?/m0/s1. The van der Waals surface area contributed by atoms with Gasteiger partial charge in [0.15, 0.2) is 24.3 Å². The number of hydrogen-bond donors (Lipinski definition) is 1. The Kier molecular flexibility index (Phi) is 9.60. The molecule has 0 aliphatic carbocycles. The molecule has 4 rings (SSSR count). The molecule has 13 nitrogen and oxygen atoms in total. The van der Waals surface area contributed by atoms with E-state index in [1.807, 2.05) is 4.98 Å². The van der Waals surface area contributed by atoms with E-state index in [0.717, 1.165) is 23.8 Å². The van der Waals surface area contributed by atoms with Crippen LogP contribution in [0.3, 0.4) is 0 Å². The SMILES string of the molecule is CCC(=O)O[C@@H]1[C@@H](COP(=O)(Oc2ccccc2)O[C@@H](CC)C2OCCO2)O[C@@H](n2ccc(=O)[nH]c2=O)[C@]1(C)F. The molecular formula is C25H32FN2O11P. The number of benzene rings is 1. The van der Waals surface area contributed by atoms with Gasteiger partial charge < -0.3 is 23.5 Å². The molecule has 40 heavy (non-hydrogen) atoms.